The summed E-state index contributed by atoms with van der Waals surface area (Å²) < 4.78 is 0. The largest absolute Gasteiger partial charge is 0.481 e. The molecule has 46 heavy (non-hydrogen) atoms. The topological polar surface area (TPSA) is 238 Å². The fourth-order valence-corrected chi connectivity index (χ4v) is 5.20. The maximum Gasteiger partial charge on any atom is 0.305 e. The molecule has 0 bridgehead atoms. The molecule has 0 saturated carbocycles. The van der Waals surface area contributed by atoms with Crippen LogP contribution in [0.2, 0.25) is 0 Å². The lowest BCUT2D eigenvalue weighted by Crippen LogP contribution is -2.59. The van der Waals surface area contributed by atoms with E-state index in [1.165, 1.54) is 6.20 Å². The molecule has 7 N–H and O–H groups in total. The van der Waals surface area contributed by atoms with Gasteiger partial charge in [0.1, 0.15) is 23.9 Å². The van der Waals surface area contributed by atoms with Gasteiger partial charge in [-0.05, 0) is 43.4 Å². The smallest absolute Gasteiger partial charge is 0.305 e. The first-order valence-corrected chi connectivity index (χ1v) is 15.8. The van der Waals surface area contributed by atoms with Gasteiger partial charge >= 0.3 is 11.9 Å². The monoisotopic (exact) mass is 666 g/mol. The highest BCUT2D eigenvalue weighted by molar-refractivity contribution is 6.28. The standard InChI is InChI=1S/C30H43ClN6O9/c1-3-17(2)26(36-23(39)9-5-4-6-12-32)29(45)34-19(10-11-24(40)41)30(46)37-21(14-18-8-7-13-33-27(18)37)28(44)35-20(15-25(42)43)22(38)16-31/h7-8,13,17,19-21,26H,3-6,9-12,14-16,32H2,1-2H3,(H,34,45)(H,35,44)(H,36,39)(H,40,41)(H,42,43)/t17-,19-,20+,21-,26-/m0/s1. The number of hydrogen-bond donors (Lipinski definition) is 6. The highest BCUT2D eigenvalue weighted by Gasteiger charge is 2.43. The number of ketones is 1. The third-order valence-electron chi connectivity index (χ3n) is 7.76. The van der Waals surface area contributed by atoms with E-state index in [0.717, 1.165) is 17.7 Å². The van der Waals surface area contributed by atoms with Crippen molar-refractivity contribution in [1.29, 1.82) is 0 Å². The average Bonchev–Trinajstić information content (AvgIpc) is 3.42. The molecule has 1 aliphatic heterocycles. The Morgan fingerprint density at radius 1 is 1.02 bits per heavy atom. The summed E-state index contributed by atoms with van der Waals surface area (Å²) in [6.07, 6.45) is 2.49. The van der Waals surface area contributed by atoms with E-state index in [2.05, 4.69) is 20.9 Å². The number of halogens is 1. The molecule has 4 amide bonds. The number of anilines is 1. The Morgan fingerprint density at radius 3 is 2.35 bits per heavy atom. The normalized spacial score (nSPS) is 16.3. The third-order valence-corrected chi connectivity index (χ3v) is 8.02. The van der Waals surface area contributed by atoms with Gasteiger partial charge in [-0.2, -0.15) is 0 Å². The van der Waals surface area contributed by atoms with E-state index in [1.807, 2.05) is 6.92 Å². The number of aromatic nitrogens is 1. The van der Waals surface area contributed by atoms with E-state index in [4.69, 9.17) is 17.3 Å². The predicted molar refractivity (Wildman–Crippen MR) is 167 cm³/mol. The molecule has 254 valence electrons. The van der Waals surface area contributed by atoms with Gasteiger partial charge in [0.2, 0.25) is 17.7 Å². The Morgan fingerprint density at radius 2 is 1.74 bits per heavy atom. The molecule has 1 aromatic rings. The number of fused-ring (bicyclic) bond motifs is 1. The lowest BCUT2D eigenvalue weighted by molar-refractivity contribution is -0.140. The molecule has 0 fully saturated rings. The Hall–Kier alpha value is -4.11. The molecule has 1 aromatic heterocycles. The first-order chi connectivity index (χ1) is 21.8. The molecule has 0 radical (unpaired) electrons. The Balaban J connectivity index is 2.39. The fourth-order valence-electron chi connectivity index (χ4n) is 5.01. The first-order valence-electron chi connectivity index (χ1n) is 15.2. The van der Waals surface area contributed by atoms with E-state index < -0.39 is 78.3 Å². The number of nitrogens with zero attached hydrogens (tertiary/aromatic N) is 2. The van der Waals surface area contributed by atoms with Crippen LogP contribution in [-0.4, -0.2) is 93.1 Å². The summed E-state index contributed by atoms with van der Waals surface area (Å²) in [5.41, 5.74) is 5.99. The second-order valence-corrected chi connectivity index (χ2v) is 11.5. The number of carbonyl (C=O) groups excluding carboxylic acids is 5. The van der Waals surface area contributed by atoms with E-state index in [0.29, 0.717) is 24.9 Å². The minimum absolute atomic E-state index is 0.0507. The Labute approximate surface area is 272 Å². The van der Waals surface area contributed by atoms with Crippen LogP contribution in [0.4, 0.5) is 5.82 Å². The molecule has 0 aliphatic carbocycles. The fraction of sp³-hybridized carbons (Fsp3) is 0.600. The Bertz CT molecular complexity index is 1280. The molecule has 2 heterocycles. The molecule has 0 unspecified atom stereocenters. The number of amides is 4. The quantitative estimate of drug-likeness (QED) is 0.0827. The number of rotatable bonds is 20. The van der Waals surface area contributed by atoms with Gasteiger partial charge in [0, 0.05) is 25.5 Å². The minimum atomic E-state index is -1.46. The number of nitrogens with two attached hydrogens (primary N) is 1. The summed E-state index contributed by atoms with van der Waals surface area (Å²) in [6.45, 7) is 4.08. The lowest BCUT2D eigenvalue weighted by Gasteiger charge is -2.31. The summed E-state index contributed by atoms with van der Waals surface area (Å²) in [5, 5.41) is 26.3. The van der Waals surface area contributed by atoms with Crippen molar-refractivity contribution in [3.8, 4) is 0 Å². The summed E-state index contributed by atoms with van der Waals surface area (Å²) in [5.74, 6) is -6.92. The van der Waals surface area contributed by atoms with Crippen LogP contribution in [0.25, 0.3) is 0 Å². The number of carbonyl (C=O) groups is 7. The van der Waals surface area contributed by atoms with Crippen LogP contribution in [0.5, 0.6) is 0 Å². The van der Waals surface area contributed by atoms with Gasteiger partial charge in [0.05, 0.1) is 18.3 Å². The van der Waals surface area contributed by atoms with Crippen molar-refractivity contribution in [3.05, 3.63) is 23.9 Å². The van der Waals surface area contributed by atoms with Crippen molar-refractivity contribution in [2.24, 2.45) is 11.7 Å². The van der Waals surface area contributed by atoms with Crippen molar-refractivity contribution in [2.75, 3.05) is 17.3 Å². The van der Waals surface area contributed by atoms with E-state index in [-0.39, 0.29) is 36.9 Å². The summed E-state index contributed by atoms with van der Waals surface area (Å²) in [4.78, 5) is 94.3. The summed E-state index contributed by atoms with van der Waals surface area (Å²) in [7, 11) is 0. The molecular weight excluding hydrogens is 624 g/mol. The Kier molecular flexibility index (Phi) is 15.5. The lowest BCUT2D eigenvalue weighted by atomic mass is 9.97. The average molecular weight is 667 g/mol. The highest BCUT2D eigenvalue weighted by Crippen LogP contribution is 2.31. The predicted octanol–water partition coefficient (Wildman–Crippen LogP) is 0.506. The van der Waals surface area contributed by atoms with Crippen LogP contribution in [0.15, 0.2) is 18.3 Å². The number of carboxylic acid groups (broad SMARTS) is 2. The van der Waals surface area contributed by atoms with Crippen molar-refractivity contribution >= 4 is 58.8 Å². The highest BCUT2D eigenvalue weighted by atomic mass is 35.5. The van der Waals surface area contributed by atoms with Gasteiger partial charge in [0.25, 0.3) is 5.91 Å². The molecule has 2 rings (SSSR count). The number of hydrogen-bond acceptors (Lipinski definition) is 9. The SMILES string of the molecule is CC[C@H](C)[C@H](NC(=O)CCCCCN)C(=O)N[C@@H](CCC(=O)O)C(=O)N1c2ncccc2C[C@H]1C(=O)N[C@H](CC(=O)O)C(=O)CCl. The van der Waals surface area contributed by atoms with E-state index >= 15 is 0 Å². The number of unbranched alkanes of at least 4 members (excludes halogenated alkanes) is 2. The second-order valence-electron chi connectivity index (χ2n) is 11.2. The van der Waals surface area contributed by atoms with E-state index in [9.17, 15) is 43.8 Å². The van der Waals surface area contributed by atoms with Crippen LogP contribution in [-0.2, 0) is 40.0 Å². The first kappa shape index (κ1) is 38.1. The maximum atomic E-state index is 14.1. The molecule has 0 spiro atoms. The van der Waals surface area contributed by atoms with Crippen molar-refractivity contribution in [1.82, 2.24) is 20.9 Å². The second kappa shape index (κ2) is 18.8. The van der Waals surface area contributed by atoms with Gasteiger partial charge < -0.3 is 31.9 Å². The van der Waals surface area contributed by atoms with Crippen LogP contribution in [0.3, 0.4) is 0 Å². The molecule has 15 nitrogen and oxygen atoms in total. The van der Waals surface area contributed by atoms with Crippen LogP contribution in [0, 0.1) is 5.92 Å². The molecule has 1 aliphatic rings. The van der Waals surface area contributed by atoms with Gasteiger partial charge in [-0.25, -0.2) is 4.98 Å². The number of carboxylic acids is 2. The van der Waals surface area contributed by atoms with Gasteiger partial charge in [-0.1, -0.05) is 32.8 Å². The zero-order valence-electron chi connectivity index (χ0n) is 26.0. The van der Waals surface area contributed by atoms with Gasteiger partial charge in [-0.3, -0.25) is 38.5 Å². The summed E-state index contributed by atoms with van der Waals surface area (Å²) >= 11 is 5.62. The van der Waals surface area contributed by atoms with Crippen molar-refractivity contribution in [2.45, 2.75) is 95.8 Å². The van der Waals surface area contributed by atoms with Crippen molar-refractivity contribution < 1.29 is 43.8 Å². The van der Waals surface area contributed by atoms with Crippen molar-refractivity contribution in [3.63, 3.8) is 0 Å². The molecule has 5 atom stereocenters. The molecule has 0 saturated heterocycles. The van der Waals surface area contributed by atoms with E-state index in [1.54, 1.807) is 19.1 Å². The number of Topliss-reactive ketones (excluding diaryl/α,β-unsaturated/α-hetero) is 1. The maximum absolute atomic E-state index is 14.1. The molecule has 16 heteroatoms. The van der Waals surface area contributed by atoms with Crippen LogP contribution >= 0.6 is 11.6 Å². The van der Waals surface area contributed by atoms with Crippen LogP contribution in [0.1, 0.15) is 70.8 Å². The van der Waals surface area contributed by atoms with Gasteiger partial charge in [-0.15, -0.1) is 11.6 Å². The number of pyridine rings is 1. The summed E-state index contributed by atoms with van der Waals surface area (Å²) in [6, 6.07) is -2.03. The van der Waals surface area contributed by atoms with Gasteiger partial charge in [0.15, 0.2) is 5.78 Å². The zero-order chi connectivity index (χ0) is 34.4. The minimum Gasteiger partial charge on any atom is -0.481 e. The number of aliphatic carboxylic acids is 2. The number of nitrogens with one attached hydrogen (secondary N) is 3. The third kappa shape index (κ3) is 11.1. The molecule has 0 aromatic carbocycles. The number of alkyl halides is 1. The zero-order valence-corrected chi connectivity index (χ0v) is 26.8. The molecular formula is C30H43ClN6O9. The van der Waals surface area contributed by atoms with Crippen LogP contribution < -0.4 is 26.6 Å².